The SMILES string of the molecule is Cc1ccc2c(ccn2Cc2ccc(N)cc2F)c1. The topological polar surface area (TPSA) is 30.9 Å². The van der Waals surface area contributed by atoms with Gasteiger partial charge in [-0.1, -0.05) is 17.7 Å². The van der Waals surface area contributed by atoms with Crippen LogP contribution in [0.2, 0.25) is 0 Å². The predicted octanol–water partition coefficient (Wildman–Crippen LogP) is 3.72. The van der Waals surface area contributed by atoms with E-state index in [-0.39, 0.29) is 5.82 Å². The quantitative estimate of drug-likeness (QED) is 0.694. The van der Waals surface area contributed by atoms with Gasteiger partial charge < -0.3 is 10.3 Å². The highest BCUT2D eigenvalue weighted by Crippen LogP contribution is 2.20. The number of nitrogens with two attached hydrogens (primary N) is 1. The van der Waals surface area contributed by atoms with Crippen LogP contribution in [0.25, 0.3) is 10.9 Å². The molecule has 19 heavy (non-hydrogen) atoms. The van der Waals surface area contributed by atoms with Gasteiger partial charge in [0.25, 0.3) is 0 Å². The third kappa shape index (κ3) is 2.19. The van der Waals surface area contributed by atoms with Gasteiger partial charge in [-0.2, -0.15) is 0 Å². The van der Waals surface area contributed by atoms with Gasteiger partial charge in [-0.15, -0.1) is 0 Å². The van der Waals surface area contributed by atoms with E-state index in [2.05, 4.69) is 31.2 Å². The minimum absolute atomic E-state index is 0.256. The van der Waals surface area contributed by atoms with Gasteiger partial charge in [0.15, 0.2) is 0 Å². The Labute approximate surface area is 111 Å². The van der Waals surface area contributed by atoms with E-state index in [1.54, 1.807) is 12.1 Å². The molecule has 0 bridgehead atoms. The normalized spacial score (nSPS) is 11.1. The Morgan fingerprint density at radius 1 is 1.11 bits per heavy atom. The van der Waals surface area contributed by atoms with Gasteiger partial charge in [0.1, 0.15) is 5.82 Å². The first-order chi connectivity index (χ1) is 9.13. The Morgan fingerprint density at radius 2 is 1.95 bits per heavy atom. The summed E-state index contributed by atoms with van der Waals surface area (Å²) in [5.41, 5.74) is 9.00. The molecular formula is C16H15FN2. The number of aromatic nitrogens is 1. The highest BCUT2D eigenvalue weighted by molar-refractivity contribution is 5.80. The van der Waals surface area contributed by atoms with Crippen LogP contribution in [0.15, 0.2) is 48.7 Å². The van der Waals surface area contributed by atoms with Crippen LogP contribution in [-0.4, -0.2) is 4.57 Å². The van der Waals surface area contributed by atoms with E-state index in [1.165, 1.54) is 17.0 Å². The van der Waals surface area contributed by atoms with Gasteiger partial charge >= 0.3 is 0 Å². The molecule has 0 aliphatic rings. The number of hydrogen-bond donors (Lipinski definition) is 1. The van der Waals surface area contributed by atoms with Gasteiger partial charge in [0.2, 0.25) is 0 Å². The zero-order chi connectivity index (χ0) is 13.4. The summed E-state index contributed by atoms with van der Waals surface area (Å²) >= 11 is 0. The summed E-state index contributed by atoms with van der Waals surface area (Å²) in [6.07, 6.45) is 1.99. The molecule has 0 fully saturated rings. The molecule has 3 heteroatoms. The van der Waals surface area contributed by atoms with Crippen molar-refractivity contribution >= 4 is 16.6 Å². The summed E-state index contributed by atoms with van der Waals surface area (Å²) in [6.45, 7) is 2.58. The number of rotatable bonds is 2. The van der Waals surface area contributed by atoms with Crippen molar-refractivity contribution in [3.8, 4) is 0 Å². The lowest BCUT2D eigenvalue weighted by Gasteiger charge is -2.07. The zero-order valence-electron chi connectivity index (χ0n) is 10.7. The Hall–Kier alpha value is -2.29. The Morgan fingerprint density at radius 3 is 2.74 bits per heavy atom. The minimum Gasteiger partial charge on any atom is -0.399 e. The standard InChI is InChI=1S/C16H15FN2/c1-11-2-5-16-12(8-11)6-7-19(16)10-13-3-4-14(18)9-15(13)17/h2-9H,10,18H2,1H3. The van der Waals surface area contributed by atoms with E-state index in [0.717, 1.165) is 5.52 Å². The predicted molar refractivity (Wildman–Crippen MR) is 76.6 cm³/mol. The van der Waals surface area contributed by atoms with Gasteiger partial charge in [0, 0.05) is 23.0 Å². The molecule has 3 rings (SSSR count). The van der Waals surface area contributed by atoms with Gasteiger partial charge in [-0.05, 0) is 42.6 Å². The maximum Gasteiger partial charge on any atom is 0.130 e. The number of halogens is 1. The third-order valence-electron chi connectivity index (χ3n) is 3.34. The van der Waals surface area contributed by atoms with Crippen LogP contribution in [0, 0.1) is 12.7 Å². The van der Waals surface area contributed by atoms with Crippen LogP contribution in [0.4, 0.5) is 10.1 Å². The van der Waals surface area contributed by atoms with Gasteiger partial charge in [-0.3, -0.25) is 0 Å². The summed E-state index contributed by atoms with van der Waals surface area (Å²) in [5.74, 6) is -0.256. The molecule has 2 nitrogen and oxygen atoms in total. The summed E-state index contributed by atoms with van der Waals surface area (Å²) in [5, 5.41) is 1.18. The van der Waals surface area contributed by atoms with Crippen LogP contribution in [0.3, 0.4) is 0 Å². The Bertz CT molecular complexity index is 744. The van der Waals surface area contributed by atoms with Crippen molar-refractivity contribution in [2.45, 2.75) is 13.5 Å². The van der Waals surface area contributed by atoms with Crippen molar-refractivity contribution in [1.82, 2.24) is 4.57 Å². The van der Waals surface area contributed by atoms with E-state index in [0.29, 0.717) is 17.8 Å². The van der Waals surface area contributed by atoms with Crippen molar-refractivity contribution in [2.24, 2.45) is 0 Å². The molecule has 0 aliphatic carbocycles. The molecule has 0 amide bonds. The highest BCUT2D eigenvalue weighted by atomic mass is 19.1. The fourth-order valence-electron chi connectivity index (χ4n) is 2.33. The van der Waals surface area contributed by atoms with E-state index >= 15 is 0 Å². The molecule has 3 aromatic rings. The molecule has 0 saturated carbocycles. The molecule has 0 spiro atoms. The second-order valence-electron chi connectivity index (χ2n) is 4.86. The van der Waals surface area contributed by atoms with Crippen LogP contribution in [-0.2, 0) is 6.54 Å². The second-order valence-corrected chi connectivity index (χ2v) is 4.86. The second kappa shape index (κ2) is 4.43. The Kier molecular flexibility index (Phi) is 2.75. The van der Waals surface area contributed by atoms with Crippen molar-refractivity contribution in [3.05, 3.63) is 65.6 Å². The smallest absolute Gasteiger partial charge is 0.130 e. The third-order valence-corrected chi connectivity index (χ3v) is 3.34. The van der Waals surface area contributed by atoms with Crippen molar-refractivity contribution in [1.29, 1.82) is 0 Å². The number of nitrogen functional groups attached to an aromatic ring is 1. The largest absolute Gasteiger partial charge is 0.399 e. The summed E-state index contributed by atoms with van der Waals surface area (Å²) in [7, 11) is 0. The average Bonchev–Trinajstić information content (AvgIpc) is 2.75. The number of nitrogens with zero attached hydrogens (tertiary/aromatic N) is 1. The molecule has 1 aromatic heterocycles. The first-order valence-corrected chi connectivity index (χ1v) is 6.23. The van der Waals surface area contributed by atoms with Crippen LogP contribution in [0.1, 0.15) is 11.1 Å². The maximum atomic E-state index is 13.8. The molecule has 0 radical (unpaired) electrons. The first-order valence-electron chi connectivity index (χ1n) is 6.23. The number of aryl methyl sites for hydroxylation is 1. The lowest BCUT2D eigenvalue weighted by atomic mass is 10.1. The minimum atomic E-state index is -0.256. The number of benzene rings is 2. The summed E-state index contributed by atoms with van der Waals surface area (Å²) in [4.78, 5) is 0. The zero-order valence-corrected chi connectivity index (χ0v) is 10.7. The van der Waals surface area contributed by atoms with Crippen molar-refractivity contribution < 1.29 is 4.39 Å². The lowest BCUT2D eigenvalue weighted by Crippen LogP contribution is -2.01. The fourth-order valence-corrected chi connectivity index (χ4v) is 2.33. The molecule has 2 N–H and O–H groups in total. The molecule has 2 aromatic carbocycles. The van der Waals surface area contributed by atoms with E-state index in [4.69, 9.17) is 5.73 Å². The maximum absolute atomic E-state index is 13.8. The van der Waals surface area contributed by atoms with E-state index in [1.807, 2.05) is 10.8 Å². The molecule has 0 aliphatic heterocycles. The number of fused-ring (bicyclic) bond motifs is 1. The molecule has 0 atom stereocenters. The fraction of sp³-hybridized carbons (Fsp3) is 0.125. The lowest BCUT2D eigenvalue weighted by molar-refractivity contribution is 0.603. The summed E-state index contributed by atoms with van der Waals surface area (Å²) < 4.78 is 15.9. The van der Waals surface area contributed by atoms with Crippen molar-refractivity contribution in [2.75, 3.05) is 5.73 Å². The molecule has 0 saturated heterocycles. The highest BCUT2D eigenvalue weighted by Gasteiger charge is 2.06. The Balaban J connectivity index is 2.01. The van der Waals surface area contributed by atoms with Crippen LogP contribution in [0.5, 0.6) is 0 Å². The molecule has 96 valence electrons. The monoisotopic (exact) mass is 254 g/mol. The summed E-state index contributed by atoms with van der Waals surface area (Å²) in [6, 6.07) is 13.2. The van der Waals surface area contributed by atoms with E-state index in [9.17, 15) is 4.39 Å². The van der Waals surface area contributed by atoms with Gasteiger partial charge in [-0.25, -0.2) is 4.39 Å². The van der Waals surface area contributed by atoms with E-state index < -0.39 is 0 Å². The van der Waals surface area contributed by atoms with Crippen LogP contribution < -0.4 is 5.73 Å². The molecule has 1 heterocycles. The van der Waals surface area contributed by atoms with Crippen molar-refractivity contribution in [3.63, 3.8) is 0 Å². The molecular weight excluding hydrogens is 239 g/mol. The van der Waals surface area contributed by atoms with Crippen LogP contribution >= 0.6 is 0 Å². The first kappa shape index (κ1) is 11.8. The number of hydrogen-bond acceptors (Lipinski definition) is 1. The van der Waals surface area contributed by atoms with Gasteiger partial charge in [0.05, 0.1) is 6.54 Å². The average molecular weight is 254 g/mol. The number of anilines is 1. The molecule has 0 unspecified atom stereocenters.